The summed E-state index contributed by atoms with van der Waals surface area (Å²) in [6, 6.07) is 14.6. The van der Waals surface area contributed by atoms with Crippen molar-refractivity contribution in [2.75, 3.05) is 26.3 Å². The topological polar surface area (TPSA) is 50.4 Å². The lowest BCUT2D eigenvalue weighted by Gasteiger charge is -2.50. The van der Waals surface area contributed by atoms with Crippen LogP contribution in [0.3, 0.4) is 0 Å². The van der Waals surface area contributed by atoms with Crippen LogP contribution in [0, 0.1) is 5.92 Å². The Hall–Kier alpha value is -2.21. The number of ether oxygens (including phenoxy) is 2. The molecule has 0 radical (unpaired) electrons. The minimum absolute atomic E-state index is 0.0177. The van der Waals surface area contributed by atoms with E-state index >= 15 is 0 Å². The van der Waals surface area contributed by atoms with Crippen molar-refractivity contribution in [2.24, 2.45) is 5.92 Å². The molecule has 140 valence electrons. The Morgan fingerprint density at radius 3 is 3.04 bits per heavy atom. The molecule has 2 fully saturated rings. The van der Waals surface area contributed by atoms with Gasteiger partial charge in [-0.25, -0.2) is 0 Å². The molecule has 0 bridgehead atoms. The maximum absolute atomic E-state index is 6.19. The van der Waals surface area contributed by atoms with E-state index in [0.29, 0.717) is 12.5 Å². The number of benzene rings is 1. The standard InChI is InChI=1S/C22H25N3O2/c1-2-9-23-19(5-1)14-26-13-18-8-11-27-22(18)15-25(16-22)12-17-4-3-6-21-20(17)7-10-24-21/h1-7,9-10,18,24H,8,11-16H2/t18-/m1/s1. The van der Waals surface area contributed by atoms with Gasteiger partial charge in [0.05, 0.1) is 24.5 Å². The first-order chi connectivity index (χ1) is 13.3. The van der Waals surface area contributed by atoms with Gasteiger partial charge < -0.3 is 14.5 Å². The van der Waals surface area contributed by atoms with Gasteiger partial charge >= 0.3 is 0 Å². The van der Waals surface area contributed by atoms with Crippen molar-refractivity contribution in [3.8, 4) is 0 Å². The van der Waals surface area contributed by atoms with Crippen LogP contribution >= 0.6 is 0 Å². The zero-order valence-electron chi connectivity index (χ0n) is 15.4. The molecule has 4 heterocycles. The SMILES string of the molecule is c1ccc(COC[C@H]2CCOC23CN(Cc2cccc4[nH]ccc24)C3)nc1. The van der Waals surface area contributed by atoms with Gasteiger partial charge in [-0.05, 0) is 36.2 Å². The summed E-state index contributed by atoms with van der Waals surface area (Å²) < 4.78 is 12.2. The quantitative estimate of drug-likeness (QED) is 0.730. The molecule has 0 unspecified atom stereocenters. The molecule has 1 atom stereocenters. The number of nitrogens with one attached hydrogen (secondary N) is 1. The van der Waals surface area contributed by atoms with Crippen LogP contribution in [-0.2, 0) is 22.6 Å². The van der Waals surface area contributed by atoms with Crippen LogP contribution in [0.5, 0.6) is 0 Å². The zero-order valence-corrected chi connectivity index (χ0v) is 15.4. The Labute approximate surface area is 159 Å². The third-order valence-corrected chi connectivity index (χ3v) is 5.96. The van der Waals surface area contributed by atoms with Gasteiger partial charge in [0.2, 0.25) is 0 Å². The number of nitrogens with zero attached hydrogens (tertiary/aromatic N) is 2. The molecule has 0 amide bonds. The van der Waals surface area contributed by atoms with E-state index in [1.165, 1.54) is 16.5 Å². The fraction of sp³-hybridized carbons (Fsp3) is 0.409. The second kappa shape index (κ2) is 7.08. The number of rotatable bonds is 6. The summed E-state index contributed by atoms with van der Waals surface area (Å²) in [6.45, 7) is 5.13. The highest BCUT2D eigenvalue weighted by Crippen LogP contribution is 2.41. The van der Waals surface area contributed by atoms with Crippen molar-refractivity contribution in [1.29, 1.82) is 0 Å². The molecule has 5 heteroatoms. The summed E-state index contributed by atoms with van der Waals surface area (Å²) in [6.07, 6.45) is 4.91. The van der Waals surface area contributed by atoms with Gasteiger partial charge in [-0.15, -0.1) is 0 Å². The number of aromatic nitrogens is 2. The van der Waals surface area contributed by atoms with E-state index < -0.39 is 0 Å². The first-order valence-electron chi connectivity index (χ1n) is 9.71. The number of aromatic amines is 1. The molecule has 1 N–H and O–H groups in total. The van der Waals surface area contributed by atoms with Gasteiger partial charge in [-0.3, -0.25) is 9.88 Å². The van der Waals surface area contributed by atoms with E-state index in [1.54, 1.807) is 0 Å². The van der Waals surface area contributed by atoms with Crippen LogP contribution in [0.4, 0.5) is 0 Å². The molecule has 2 aromatic heterocycles. The molecule has 5 nitrogen and oxygen atoms in total. The molecule has 1 spiro atoms. The number of hydrogen-bond donors (Lipinski definition) is 1. The summed E-state index contributed by atoms with van der Waals surface area (Å²) in [5.74, 6) is 0.473. The maximum atomic E-state index is 6.19. The Bertz CT molecular complexity index is 902. The monoisotopic (exact) mass is 363 g/mol. The normalized spacial score (nSPS) is 21.7. The summed E-state index contributed by atoms with van der Waals surface area (Å²) in [5.41, 5.74) is 3.56. The predicted octanol–water partition coefficient (Wildman–Crippen LogP) is 3.37. The smallest absolute Gasteiger partial charge is 0.0985 e. The minimum Gasteiger partial charge on any atom is -0.375 e. The van der Waals surface area contributed by atoms with Gasteiger partial charge in [-0.2, -0.15) is 0 Å². The highest BCUT2D eigenvalue weighted by Gasteiger charge is 2.52. The van der Waals surface area contributed by atoms with Crippen LogP contribution in [0.25, 0.3) is 10.9 Å². The molecule has 3 aromatic rings. The second-order valence-electron chi connectivity index (χ2n) is 7.74. The van der Waals surface area contributed by atoms with Crippen molar-refractivity contribution in [2.45, 2.75) is 25.2 Å². The Kier molecular flexibility index (Phi) is 4.44. The third-order valence-electron chi connectivity index (χ3n) is 5.96. The lowest BCUT2D eigenvalue weighted by molar-refractivity contribution is -0.146. The fourth-order valence-electron chi connectivity index (χ4n) is 4.51. The van der Waals surface area contributed by atoms with E-state index in [-0.39, 0.29) is 5.60 Å². The lowest BCUT2D eigenvalue weighted by Crippen LogP contribution is -2.64. The Balaban J connectivity index is 1.17. The van der Waals surface area contributed by atoms with Crippen LogP contribution in [0.2, 0.25) is 0 Å². The fourth-order valence-corrected chi connectivity index (χ4v) is 4.51. The largest absolute Gasteiger partial charge is 0.375 e. The number of H-pyrrole nitrogens is 1. The average Bonchev–Trinajstić information content (AvgIpc) is 3.30. The highest BCUT2D eigenvalue weighted by atomic mass is 16.5. The molecule has 0 saturated carbocycles. The first-order valence-corrected chi connectivity index (χ1v) is 9.71. The molecular formula is C22H25N3O2. The van der Waals surface area contributed by atoms with Crippen LogP contribution in [0.1, 0.15) is 17.7 Å². The molecule has 0 aliphatic carbocycles. The van der Waals surface area contributed by atoms with Gasteiger partial charge in [0.1, 0.15) is 0 Å². The maximum Gasteiger partial charge on any atom is 0.0985 e. The molecule has 5 rings (SSSR count). The third kappa shape index (κ3) is 3.27. The highest BCUT2D eigenvalue weighted by molar-refractivity contribution is 5.82. The zero-order chi connectivity index (χ0) is 18.1. The summed E-state index contributed by atoms with van der Waals surface area (Å²) >= 11 is 0. The van der Waals surface area contributed by atoms with E-state index in [0.717, 1.165) is 45.0 Å². The molecule has 1 aromatic carbocycles. The first kappa shape index (κ1) is 16.9. The van der Waals surface area contributed by atoms with Crippen molar-refractivity contribution >= 4 is 10.9 Å². The predicted molar refractivity (Wildman–Crippen MR) is 104 cm³/mol. The number of hydrogen-bond acceptors (Lipinski definition) is 4. The summed E-state index contributed by atoms with van der Waals surface area (Å²) in [5, 5.41) is 1.32. The number of fused-ring (bicyclic) bond motifs is 1. The van der Waals surface area contributed by atoms with Crippen molar-refractivity contribution in [3.63, 3.8) is 0 Å². The average molecular weight is 363 g/mol. The summed E-state index contributed by atoms with van der Waals surface area (Å²) in [4.78, 5) is 10.1. The van der Waals surface area contributed by atoms with Crippen LogP contribution in [0.15, 0.2) is 54.9 Å². The molecular weight excluding hydrogens is 338 g/mol. The molecule has 2 aliphatic rings. The number of pyridine rings is 1. The Morgan fingerprint density at radius 2 is 2.15 bits per heavy atom. The van der Waals surface area contributed by atoms with E-state index in [2.05, 4.69) is 39.1 Å². The number of likely N-dealkylation sites (tertiary alicyclic amines) is 1. The van der Waals surface area contributed by atoms with Crippen LogP contribution in [-0.4, -0.2) is 46.8 Å². The molecule has 27 heavy (non-hydrogen) atoms. The van der Waals surface area contributed by atoms with E-state index in [9.17, 15) is 0 Å². The van der Waals surface area contributed by atoms with Crippen molar-refractivity contribution in [1.82, 2.24) is 14.9 Å². The van der Waals surface area contributed by atoms with Gasteiger partial charge in [0.25, 0.3) is 0 Å². The van der Waals surface area contributed by atoms with E-state index in [1.807, 2.05) is 30.6 Å². The van der Waals surface area contributed by atoms with Crippen molar-refractivity contribution < 1.29 is 9.47 Å². The molecule has 2 aliphatic heterocycles. The second-order valence-corrected chi connectivity index (χ2v) is 7.74. The van der Waals surface area contributed by atoms with Gasteiger partial charge in [0, 0.05) is 55.5 Å². The Morgan fingerprint density at radius 1 is 1.19 bits per heavy atom. The van der Waals surface area contributed by atoms with Gasteiger partial charge in [-0.1, -0.05) is 18.2 Å². The lowest BCUT2D eigenvalue weighted by atomic mass is 9.81. The van der Waals surface area contributed by atoms with E-state index in [4.69, 9.17) is 9.47 Å². The van der Waals surface area contributed by atoms with Gasteiger partial charge in [0.15, 0.2) is 0 Å². The van der Waals surface area contributed by atoms with Crippen LogP contribution < -0.4 is 0 Å². The minimum atomic E-state index is -0.0177. The molecule has 2 saturated heterocycles. The van der Waals surface area contributed by atoms with Crippen molar-refractivity contribution in [3.05, 3.63) is 66.1 Å². The summed E-state index contributed by atoms with van der Waals surface area (Å²) in [7, 11) is 0.